The maximum absolute atomic E-state index is 11.7. The topological polar surface area (TPSA) is 87.2 Å². The van der Waals surface area contributed by atoms with Crippen LogP contribution in [0.15, 0.2) is 27.4 Å². The van der Waals surface area contributed by atoms with Crippen molar-refractivity contribution < 1.29 is 4.79 Å². The van der Waals surface area contributed by atoms with Crippen LogP contribution in [0.4, 0.5) is 0 Å². The molecule has 0 fully saturated rings. The molecule has 0 aliphatic rings. The average molecular weight is 276 g/mol. The monoisotopic (exact) mass is 276 g/mol. The van der Waals surface area contributed by atoms with Crippen LogP contribution in [0.3, 0.4) is 0 Å². The molecular formula is C12H12N4O2S. The zero-order valence-corrected chi connectivity index (χ0v) is 11.2. The molecule has 7 heteroatoms. The van der Waals surface area contributed by atoms with Gasteiger partial charge in [-0.2, -0.15) is 10.1 Å². The lowest BCUT2D eigenvalue weighted by molar-refractivity contribution is 0.0949. The minimum atomic E-state index is -0.553. The molecule has 0 radical (unpaired) electrons. The fourth-order valence-corrected chi connectivity index (χ4v) is 2.21. The highest BCUT2D eigenvalue weighted by Gasteiger charge is 2.07. The largest absolute Gasteiger partial charge is 0.345 e. The van der Waals surface area contributed by atoms with Gasteiger partial charge in [0.1, 0.15) is 5.69 Å². The van der Waals surface area contributed by atoms with Crippen LogP contribution in [-0.2, 0) is 0 Å². The van der Waals surface area contributed by atoms with Crippen molar-refractivity contribution in [1.82, 2.24) is 15.4 Å². The first-order valence-corrected chi connectivity index (χ1v) is 6.39. The van der Waals surface area contributed by atoms with E-state index in [9.17, 15) is 9.59 Å². The van der Waals surface area contributed by atoms with Crippen LogP contribution >= 0.6 is 11.3 Å². The van der Waals surface area contributed by atoms with E-state index in [0.717, 1.165) is 10.4 Å². The van der Waals surface area contributed by atoms with Gasteiger partial charge in [-0.1, -0.05) is 0 Å². The number of hydrogen-bond acceptors (Lipinski definition) is 5. The van der Waals surface area contributed by atoms with E-state index in [2.05, 4.69) is 20.5 Å². The Morgan fingerprint density at radius 2 is 2.32 bits per heavy atom. The lowest BCUT2D eigenvalue weighted by atomic mass is 10.3. The Morgan fingerprint density at radius 1 is 1.53 bits per heavy atom. The van der Waals surface area contributed by atoms with Crippen LogP contribution in [0.25, 0.3) is 0 Å². The second-order valence-electron chi connectivity index (χ2n) is 3.92. The smallest absolute Gasteiger partial charge is 0.310 e. The molecule has 0 aliphatic heterocycles. The summed E-state index contributed by atoms with van der Waals surface area (Å²) in [6.45, 7) is 3.64. The maximum atomic E-state index is 11.7. The molecule has 0 aromatic carbocycles. The summed E-state index contributed by atoms with van der Waals surface area (Å²) in [5.74, 6) is -0.514. The SMILES string of the molecule is Cc1cc(C(=O)N/N=C/c2sccc2C)nc(=O)[nH]1. The molecule has 2 N–H and O–H groups in total. The van der Waals surface area contributed by atoms with Gasteiger partial charge in [0.2, 0.25) is 0 Å². The molecule has 6 nitrogen and oxygen atoms in total. The van der Waals surface area contributed by atoms with Gasteiger partial charge in [0.15, 0.2) is 0 Å². The number of rotatable bonds is 3. The summed E-state index contributed by atoms with van der Waals surface area (Å²) < 4.78 is 0. The van der Waals surface area contributed by atoms with Crippen molar-refractivity contribution in [3.8, 4) is 0 Å². The van der Waals surface area contributed by atoms with Gasteiger partial charge in [-0.05, 0) is 36.9 Å². The Hall–Kier alpha value is -2.28. The molecule has 1 amide bonds. The zero-order valence-electron chi connectivity index (χ0n) is 10.4. The summed E-state index contributed by atoms with van der Waals surface area (Å²) in [4.78, 5) is 29.9. The molecule has 0 spiro atoms. The first kappa shape index (κ1) is 13.2. The first-order valence-electron chi connectivity index (χ1n) is 5.52. The third kappa shape index (κ3) is 3.35. The van der Waals surface area contributed by atoms with Gasteiger partial charge in [-0.25, -0.2) is 10.2 Å². The molecule has 0 bridgehead atoms. The number of H-pyrrole nitrogens is 1. The average Bonchev–Trinajstić information content (AvgIpc) is 2.74. The van der Waals surface area contributed by atoms with Crippen molar-refractivity contribution in [3.63, 3.8) is 0 Å². The number of aromatic amines is 1. The number of carbonyl (C=O) groups excluding carboxylic acids is 1. The number of aryl methyl sites for hydroxylation is 2. The van der Waals surface area contributed by atoms with E-state index in [1.165, 1.54) is 17.4 Å². The minimum absolute atomic E-state index is 0.0429. The van der Waals surface area contributed by atoms with E-state index < -0.39 is 11.6 Å². The van der Waals surface area contributed by atoms with Gasteiger partial charge in [0.25, 0.3) is 5.91 Å². The lowest BCUT2D eigenvalue weighted by Crippen LogP contribution is -2.24. The molecule has 0 atom stereocenters. The molecule has 2 heterocycles. The highest BCUT2D eigenvalue weighted by atomic mass is 32.1. The molecule has 0 saturated heterocycles. The molecule has 2 rings (SSSR count). The van der Waals surface area contributed by atoms with Crippen LogP contribution in [-0.4, -0.2) is 22.1 Å². The second-order valence-corrected chi connectivity index (χ2v) is 4.87. The number of carbonyl (C=O) groups is 1. The summed E-state index contributed by atoms with van der Waals surface area (Å²) in [5, 5.41) is 5.79. The Balaban J connectivity index is 2.07. The van der Waals surface area contributed by atoms with Crippen molar-refractivity contribution in [2.24, 2.45) is 5.10 Å². The van der Waals surface area contributed by atoms with E-state index in [1.54, 1.807) is 13.1 Å². The van der Waals surface area contributed by atoms with Crippen LogP contribution in [0.1, 0.15) is 26.6 Å². The van der Waals surface area contributed by atoms with Gasteiger partial charge in [-0.3, -0.25) is 4.79 Å². The number of aromatic nitrogens is 2. The molecule has 0 saturated carbocycles. The first-order chi connectivity index (χ1) is 9.06. The van der Waals surface area contributed by atoms with E-state index in [0.29, 0.717) is 5.69 Å². The van der Waals surface area contributed by atoms with Crippen molar-refractivity contribution in [1.29, 1.82) is 0 Å². The number of hydrogen-bond donors (Lipinski definition) is 2. The number of thiophene rings is 1. The number of hydrazone groups is 1. The van der Waals surface area contributed by atoms with Crippen LogP contribution < -0.4 is 11.1 Å². The quantitative estimate of drug-likeness (QED) is 0.652. The fraction of sp³-hybridized carbons (Fsp3) is 0.167. The fourth-order valence-electron chi connectivity index (χ4n) is 1.42. The van der Waals surface area contributed by atoms with E-state index in [4.69, 9.17) is 0 Å². The van der Waals surface area contributed by atoms with Gasteiger partial charge in [-0.15, -0.1) is 11.3 Å². The highest BCUT2D eigenvalue weighted by Crippen LogP contribution is 2.12. The highest BCUT2D eigenvalue weighted by molar-refractivity contribution is 7.11. The third-order valence-corrected chi connectivity index (χ3v) is 3.32. The summed E-state index contributed by atoms with van der Waals surface area (Å²) in [6.07, 6.45) is 1.57. The van der Waals surface area contributed by atoms with Crippen molar-refractivity contribution >= 4 is 23.5 Å². The van der Waals surface area contributed by atoms with Gasteiger partial charge < -0.3 is 4.98 Å². The van der Waals surface area contributed by atoms with Crippen molar-refractivity contribution in [2.75, 3.05) is 0 Å². The van der Waals surface area contributed by atoms with Crippen LogP contribution in [0.5, 0.6) is 0 Å². The molecule has 2 aromatic heterocycles. The predicted molar refractivity (Wildman–Crippen MR) is 73.7 cm³/mol. The zero-order chi connectivity index (χ0) is 13.8. The summed E-state index contributed by atoms with van der Waals surface area (Å²) in [7, 11) is 0. The molecule has 2 aromatic rings. The normalized spacial score (nSPS) is 10.8. The number of nitrogens with zero attached hydrogens (tertiary/aromatic N) is 2. The minimum Gasteiger partial charge on any atom is -0.310 e. The summed E-state index contributed by atoms with van der Waals surface area (Å²) in [5.41, 5.74) is 3.49. The van der Waals surface area contributed by atoms with Crippen molar-refractivity contribution in [2.45, 2.75) is 13.8 Å². The lowest BCUT2D eigenvalue weighted by Gasteiger charge is -1.99. The molecule has 0 aliphatic carbocycles. The summed E-state index contributed by atoms with van der Waals surface area (Å²) in [6, 6.07) is 3.46. The number of amides is 1. The maximum Gasteiger partial charge on any atom is 0.345 e. The summed E-state index contributed by atoms with van der Waals surface area (Å²) >= 11 is 1.53. The Labute approximate surface area is 113 Å². The third-order valence-electron chi connectivity index (χ3n) is 2.36. The van der Waals surface area contributed by atoms with Crippen LogP contribution in [0.2, 0.25) is 0 Å². The predicted octanol–water partition coefficient (Wildman–Crippen LogP) is 1.21. The molecule has 19 heavy (non-hydrogen) atoms. The standard InChI is InChI=1S/C12H12N4O2S/c1-7-3-4-19-10(7)6-13-16-11(17)9-5-8(2)14-12(18)15-9/h3-6H,1-2H3,(H,16,17)(H,14,15,18)/b13-6+. The van der Waals surface area contributed by atoms with E-state index in [1.807, 2.05) is 18.4 Å². The second kappa shape index (κ2) is 5.57. The van der Waals surface area contributed by atoms with Gasteiger partial charge in [0.05, 0.1) is 6.21 Å². The van der Waals surface area contributed by atoms with Crippen LogP contribution in [0, 0.1) is 13.8 Å². The Morgan fingerprint density at radius 3 is 2.95 bits per heavy atom. The van der Waals surface area contributed by atoms with Crippen molar-refractivity contribution in [3.05, 3.63) is 49.8 Å². The Bertz CT molecular complexity index is 687. The molecule has 0 unspecified atom stereocenters. The molecular weight excluding hydrogens is 264 g/mol. The van der Waals surface area contributed by atoms with E-state index >= 15 is 0 Å². The van der Waals surface area contributed by atoms with Gasteiger partial charge >= 0.3 is 5.69 Å². The molecule has 98 valence electrons. The number of nitrogens with one attached hydrogen (secondary N) is 2. The Kier molecular flexibility index (Phi) is 3.86. The van der Waals surface area contributed by atoms with Gasteiger partial charge in [0, 0.05) is 10.6 Å². The van der Waals surface area contributed by atoms with E-state index in [-0.39, 0.29) is 5.69 Å².